The van der Waals surface area contributed by atoms with Gasteiger partial charge < -0.3 is 14.2 Å². The minimum absolute atomic E-state index is 0.0632. The second-order valence-corrected chi connectivity index (χ2v) is 20.3. The van der Waals surface area contributed by atoms with Gasteiger partial charge in [-0.3, -0.25) is 14.4 Å². The first-order valence-corrected chi connectivity index (χ1v) is 28.3. The lowest BCUT2D eigenvalue weighted by molar-refractivity contribution is -0.167. The fourth-order valence-corrected chi connectivity index (χ4v) is 8.66. The van der Waals surface area contributed by atoms with Gasteiger partial charge in [-0.05, 0) is 31.1 Å². The minimum atomic E-state index is -0.761. The largest absolute Gasteiger partial charge is 0.462 e. The molecular weight excluding hydrogens is 781 g/mol. The van der Waals surface area contributed by atoms with Crippen molar-refractivity contribution in [2.75, 3.05) is 13.2 Å². The zero-order valence-corrected chi connectivity index (χ0v) is 43.2. The summed E-state index contributed by atoms with van der Waals surface area (Å²) in [5.74, 6) is 0.882. The number of ether oxygens (including phenoxy) is 3. The second kappa shape index (κ2) is 49.8. The van der Waals surface area contributed by atoms with E-state index in [0.717, 1.165) is 69.6 Å². The Bertz CT molecular complexity index is 964. The van der Waals surface area contributed by atoms with Gasteiger partial charge in [-0.1, -0.05) is 279 Å². The molecule has 0 fully saturated rings. The lowest BCUT2D eigenvalue weighted by atomic mass is 9.99. The van der Waals surface area contributed by atoms with E-state index < -0.39 is 6.10 Å². The Morgan fingerprint density at radius 3 is 0.905 bits per heavy atom. The van der Waals surface area contributed by atoms with Crippen LogP contribution in [0, 0.1) is 11.8 Å². The first kappa shape index (κ1) is 61.4. The van der Waals surface area contributed by atoms with Crippen molar-refractivity contribution < 1.29 is 28.6 Å². The third kappa shape index (κ3) is 49.7. The monoisotopic (exact) mass is 891 g/mol. The van der Waals surface area contributed by atoms with Gasteiger partial charge in [0, 0.05) is 19.3 Å². The first-order chi connectivity index (χ1) is 30.8. The average molecular weight is 892 g/mol. The summed E-state index contributed by atoms with van der Waals surface area (Å²) in [6, 6.07) is 0. The third-order valence-corrected chi connectivity index (χ3v) is 13.3. The Balaban J connectivity index is 4.18. The SMILES string of the molecule is CCCCCCCCCCCCC(=O)OC[C@H](COC(=O)CCCCCCCCCCCCCCCCCCCCC(C)CC)OC(=O)CCCCCCCCCCCCC(C)C. The molecule has 0 bridgehead atoms. The van der Waals surface area contributed by atoms with Crippen molar-refractivity contribution in [2.24, 2.45) is 11.8 Å². The lowest BCUT2D eigenvalue weighted by Crippen LogP contribution is -2.30. The minimum Gasteiger partial charge on any atom is -0.462 e. The Morgan fingerprint density at radius 2 is 0.603 bits per heavy atom. The van der Waals surface area contributed by atoms with Crippen molar-refractivity contribution in [1.82, 2.24) is 0 Å². The quantitative estimate of drug-likeness (QED) is 0.0344. The summed E-state index contributed by atoms with van der Waals surface area (Å²) in [5, 5.41) is 0. The topological polar surface area (TPSA) is 78.9 Å². The normalized spacial score (nSPS) is 12.5. The Labute approximate surface area is 393 Å². The standard InChI is InChI=1S/C57H110O6/c1-6-8-9-10-11-12-27-32-37-42-47-55(58)61-50-54(63-57(60)49-44-39-34-29-24-23-25-30-35-40-45-52(3)4)51-62-56(59)48-43-38-33-28-22-20-18-16-14-13-15-17-19-21-26-31-36-41-46-53(5)7-2/h52-54H,6-51H2,1-5H3/t53?,54-/m1/s1. The van der Waals surface area contributed by atoms with Gasteiger partial charge in [-0.15, -0.1) is 0 Å². The number of hydrogen-bond donors (Lipinski definition) is 0. The van der Waals surface area contributed by atoms with E-state index in [1.165, 1.54) is 205 Å². The number of hydrogen-bond acceptors (Lipinski definition) is 6. The fraction of sp³-hybridized carbons (Fsp3) is 0.947. The van der Waals surface area contributed by atoms with E-state index in [2.05, 4.69) is 34.6 Å². The summed E-state index contributed by atoms with van der Waals surface area (Å²) in [6.07, 6.45) is 52.4. The zero-order chi connectivity index (χ0) is 46.1. The predicted octanol–water partition coefficient (Wildman–Crippen LogP) is 18.5. The predicted molar refractivity (Wildman–Crippen MR) is 270 cm³/mol. The first-order valence-electron chi connectivity index (χ1n) is 28.3. The zero-order valence-electron chi connectivity index (χ0n) is 43.2. The summed E-state index contributed by atoms with van der Waals surface area (Å²) in [5.41, 5.74) is 0. The van der Waals surface area contributed by atoms with Crippen LogP contribution < -0.4 is 0 Å². The van der Waals surface area contributed by atoms with Gasteiger partial charge in [0.25, 0.3) is 0 Å². The van der Waals surface area contributed by atoms with Gasteiger partial charge in [0.2, 0.25) is 0 Å². The molecule has 0 amide bonds. The molecule has 6 nitrogen and oxygen atoms in total. The molecule has 374 valence electrons. The molecule has 0 heterocycles. The van der Waals surface area contributed by atoms with Gasteiger partial charge in [0.15, 0.2) is 6.10 Å². The van der Waals surface area contributed by atoms with Crippen molar-refractivity contribution in [3.63, 3.8) is 0 Å². The molecule has 0 radical (unpaired) electrons. The van der Waals surface area contributed by atoms with Crippen molar-refractivity contribution in [3.8, 4) is 0 Å². The molecule has 0 aliphatic rings. The molecule has 6 heteroatoms. The number of carbonyl (C=O) groups is 3. The Hall–Kier alpha value is -1.59. The number of rotatable bonds is 51. The van der Waals surface area contributed by atoms with Crippen LogP contribution >= 0.6 is 0 Å². The highest BCUT2D eigenvalue weighted by Gasteiger charge is 2.19. The van der Waals surface area contributed by atoms with E-state index in [-0.39, 0.29) is 31.1 Å². The average Bonchev–Trinajstić information content (AvgIpc) is 3.27. The van der Waals surface area contributed by atoms with Crippen molar-refractivity contribution in [2.45, 2.75) is 323 Å². The number of carbonyl (C=O) groups excluding carboxylic acids is 3. The Morgan fingerprint density at radius 1 is 0.333 bits per heavy atom. The van der Waals surface area contributed by atoms with Gasteiger partial charge in [-0.2, -0.15) is 0 Å². The molecule has 2 atom stereocenters. The summed E-state index contributed by atoms with van der Waals surface area (Å²) >= 11 is 0. The summed E-state index contributed by atoms with van der Waals surface area (Å²) < 4.78 is 16.8. The van der Waals surface area contributed by atoms with Crippen molar-refractivity contribution >= 4 is 17.9 Å². The molecule has 0 aromatic rings. The molecule has 0 rings (SSSR count). The van der Waals surface area contributed by atoms with Crippen LogP contribution in [0.3, 0.4) is 0 Å². The van der Waals surface area contributed by atoms with E-state index in [9.17, 15) is 14.4 Å². The molecule has 1 unspecified atom stereocenters. The fourth-order valence-electron chi connectivity index (χ4n) is 8.66. The van der Waals surface area contributed by atoms with Gasteiger partial charge >= 0.3 is 17.9 Å². The maximum absolute atomic E-state index is 12.8. The molecule has 0 spiro atoms. The molecule has 63 heavy (non-hydrogen) atoms. The maximum Gasteiger partial charge on any atom is 0.306 e. The molecular formula is C57H110O6. The van der Waals surface area contributed by atoms with E-state index in [1.54, 1.807) is 0 Å². The van der Waals surface area contributed by atoms with Crippen LogP contribution in [-0.2, 0) is 28.6 Å². The smallest absolute Gasteiger partial charge is 0.306 e. The molecule has 0 aliphatic heterocycles. The van der Waals surface area contributed by atoms with Gasteiger partial charge in [0.05, 0.1) is 0 Å². The highest BCUT2D eigenvalue weighted by Crippen LogP contribution is 2.18. The highest BCUT2D eigenvalue weighted by molar-refractivity contribution is 5.71. The second-order valence-electron chi connectivity index (χ2n) is 20.3. The van der Waals surface area contributed by atoms with Crippen LogP contribution in [0.2, 0.25) is 0 Å². The van der Waals surface area contributed by atoms with Crippen LogP contribution in [0.15, 0.2) is 0 Å². The van der Waals surface area contributed by atoms with E-state index in [4.69, 9.17) is 14.2 Å². The van der Waals surface area contributed by atoms with Crippen LogP contribution in [0.1, 0.15) is 317 Å². The van der Waals surface area contributed by atoms with Crippen LogP contribution in [0.5, 0.6) is 0 Å². The van der Waals surface area contributed by atoms with Crippen molar-refractivity contribution in [3.05, 3.63) is 0 Å². The molecule has 0 aliphatic carbocycles. The number of esters is 3. The molecule has 0 aromatic heterocycles. The van der Waals surface area contributed by atoms with E-state index in [1.807, 2.05) is 0 Å². The summed E-state index contributed by atoms with van der Waals surface area (Å²) in [4.78, 5) is 38.0. The van der Waals surface area contributed by atoms with Crippen molar-refractivity contribution in [1.29, 1.82) is 0 Å². The maximum atomic E-state index is 12.8. The third-order valence-electron chi connectivity index (χ3n) is 13.3. The van der Waals surface area contributed by atoms with Gasteiger partial charge in [-0.25, -0.2) is 0 Å². The van der Waals surface area contributed by atoms with E-state index >= 15 is 0 Å². The molecule has 0 saturated carbocycles. The van der Waals surface area contributed by atoms with Crippen LogP contribution in [-0.4, -0.2) is 37.2 Å². The molecule has 0 aromatic carbocycles. The van der Waals surface area contributed by atoms with Gasteiger partial charge in [0.1, 0.15) is 13.2 Å². The molecule has 0 N–H and O–H groups in total. The lowest BCUT2D eigenvalue weighted by Gasteiger charge is -2.18. The Kier molecular flexibility index (Phi) is 48.6. The highest BCUT2D eigenvalue weighted by atomic mass is 16.6. The van der Waals surface area contributed by atoms with E-state index in [0.29, 0.717) is 19.3 Å². The summed E-state index contributed by atoms with van der Waals surface area (Å²) in [7, 11) is 0. The molecule has 0 saturated heterocycles. The van der Waals surface area contributed by atoms with Crippen LogP contribution in [0.25, 0.3) is 0 Å². The van der Waals surface area contributed by atoms with Crippen LogP contribution in [0.4, 0.5) is 0 Å². The summed E-state index contributed by atoms with van der Waals surface area (Å²) in [6.45, 7) is 11.4. The number of unbranched alkanes of at least 4 members (excludes halogenated alkanes) is 35.